The molecule has 0 saturated heterocycles. The molecule has 0 aromatic heterocycles. The van der Waals surface area contributed by atoms with Crippen LogP contribution in [0, 0.1) is 0 Å². The predicted molar refractivity (Wildman–Crippen MR) is 32.9 cm³/mol. The summed E-state index contributed by atoms with van der Waals surface area (Å²) in [5.41, 5.74) is 0. The summed E-state index contributed by atoms with van der Waals surface area (Å²) in [5.74, 6) is 3.15. The van der Waals surface area contributed by atoms with Crippen LogP contribution in [-0.2, 0) is 9.09 Å². The zero-order chi connectivity index (χ0) is 6.04. The molecule has 0 aromatic rings. The average Bonchev–Trinajstić information content (AvgIpc) is 2.17. The molecule has 1 rings (SSSR count). The predicted octanol–water partition coefficient (Wildman–Crippen LogP) is 1.95. The summed E-state index contributed by atoms with van der Waals surface area (Å²) in [6.45, 7) is 0. The molecule has 0 bridgehead atoms. The maximum atomic E-state index is 11.0. The van der Waals surface area contributed by atoms with Gasteiger partial charge in [0.15, 0.2) is 0 Å². The van der Waals surface area contributed by atoms with E-state index in [0.717, 1.165) is 0 Å². The van der Waals surface area contributed by atoms with Gasteiger partial charge in [0.1, 0.15) is 0 Å². The molecule has 1 aliphatic heterocycles. The highest BCUT2D eigenvalue weighted by molar-refractivity contribution is 7.65. The molecular formula is C5H7O2P. The van der Waals surface area contributed by atoms with E-state index in [4.69, 9.17) is 0 Å². The first kappa shape index (κ1) is 5.80. The van der Waals surface area contributed by atoms with Gasteiger partial charge >= 0.3 is 0 Å². The highest BCUT2D eigenvalue weighted by Gasteiger charge is 2.13. The van der Waals surface area contributed by atoms with E-state index in [9.17, 15) is 4.57 Å². The van der Waals surface area contributed by atoms with Crippen LogP contribution >= 0.6 is 7.37 Å². The zero-order valence-electron chi connectivity index (χ0n) is 4.57. The summed E-state index contributed by atoms with van der Waals surface area (Å²) in [5, 5.41) is 0. The molecule has 0 radical (unpaired) electrons. The van der Waals surface area contributed by atoms with Crippen LogP contribution in [0.3, 0.4) is 0 Å². The Labute approximate surface area is 48.3 Å². The smallest absolute Gasteiger partial charge is 0.246 e. The molecule has 8 heavy (non-hydrogen) atoms. The van der Waals surface area contributed by atoms with Crippen molar-refractivity contribution in [1.82, 2.24) is 0 Å². The van der Waals surface area contributed by atoms with Crippen molar-refractivity contribution in [3.05, 3.63) is 23.8 Å². The van der Waals surface area contributed by atoms with Gasteiger partial charge in [-0.05, 0) is 0 Å². The van der Waals surface area contributed by atoms with E-state index in [1.807, 2.05) is 0 Å². The van der Waals surface area contributed by atoms with Crippen LogP contribution in [0.5, 0.6) is 0 Å². The quantitative estimate of drug-likeness (QED) is 0.507. The number of hydrogen-bond acceptors (Lipinski definition) is 2. The minimum Gasteiger partial charge on any atom is -0.326 e. The molecule has 0 spiro atoms. The van der Waals surface area contributed by atoms with Crippen molar-refractivity contribution >= 4 is 7.37 Å². The summed E-state index contributed by atoms with van der Waals surface area (Å²) < 4.78 is 15.7. The van der Waals surface area contributed by atoms with E-state index in [0.29, 0.717) is 0 Å². The minimum absolute atomic E-state index is 1.45. The molecule has 0 fully saturated rings. The summed E-state index contributed by atoms with van der Waals surface area (Å²) in [7, 11) is -0.967. The molecule has 1 aliphatic rings. The van der Waals surface area contributed by atoms with Crippen LogP contribution in [0.25, 0.3) is 0 Å². The third-order valence-electron chi connectivity index (χ3n) is 0.984. The third kappa shape index (κ3) is 0.908. The Morgan fingerprint density at radius 3 is 2.12 bits per heavy atom. The fourth-order valence-electron chi connectivity index (χ4n) is 0.511. The Kier molecular flexibility index (Phi) is 1.37. The van der Waals surface area contributed by atoms with Crippen molar-refractivity contribution in [2.45, 2.75) is 0 Å². The lowest BCUT2D eigenvalue weighted by Crippen LogP contribution is -1.69. The first-order chi connectivity index (χ1) is 3.77. The Morgan fingerprint density at radius 2 is 1.88 bits per heavy atom. The maximum absolute atomic E-state index is 11.0. The van der Waals surface area contributed by atoms with Gasteiger partial charge in [0.2, 0.25) is 7.37 Å². The van der Waals surface area contributed by atoms with Crippen LogP contribution in [0.15, 0.2) is 23.8 Å². The van der Waals surface area contributed by atoms with Crippen molar-refractivity contribution in [2.75, 3.05) is 7.11 Å². The lowest BCUT2D eigenvalue weighted by atomic mass is 10.6. The van der Waals surface area contributed by atoms with Gasteiger partial charge < -0.3 is 4.52 Å². The molecule has 3 heteroatoms. The number of hydrogen-bond donors (Lipinski definition) is 0. The van der Waals surface area contributed by atoms with Gasteiger partial charge in [-0.1, -0.05) is 12.2 Å². The maximum Gasteiger partial charge on any atom is 0.246 e. The van der Waals surface area contributed by atoms with Crippen molar-refractivity contribution in [2.24, 2.45) is 0 Å². The van der Waals surface area contributed by atoms with E-state index in [1.54, 1.807) is 23.8 Å². The van der Waals surface area contributed by atoms with Gasteiger partial charge in [0.05, 0.1) is 0 Å². The molecule has 2 nitrogen and oxygen atoms in total. The van der Waals surface area contributed by atoms with Gasteiger partial charge in [-0.2, -0.15) is 0 Å². The van der Waals surface area contributed by atoms with Crippen molar-refractivity contribution in [3.8, 4) is 0 Å². The highest BCUT2D eigenvalue weighted by atomic mass is 31.2. The lowest BCUT2D eigenvalue weighted by molar-refractivity contribution is 0.411. The molecule has 0 aromatic carbocycles. The molecule has 0 atom stereocenters. The zero-order valence-corrected chi connectivity index (χ0v) is 5.47. The third-order valence-corrected chi connectivity index (χ3v) is 2.73. The molecule has 0 aliphatic carbocycles. The SMILES string of the molecule is COP1(=O)C=CC=C1. The van der Waals surface area contributed by atoms with E-state index < -0.39 is 7.37 Å². The number of allylic oxidation sites excluding steroid dienone is 2. The van der Waals surface area contributed by atoms with Crippen LogP contribution in [0.2, 0.25) is 0 Å². The van der Waals surface area contributed by atoms with Crippen molar-refractivity contribution < 1.29 is 9.09 Å². The monoisotopic (exact) mass is 130 g/mol. The fourth-order valence-corrected chi connectivity index (χ4v) is 1.53. The molecule has 44 valence electrons. The molecule has 0 amide bonds. The van der Waals surface area contributed by atoms with Crippen LogP contribution in [0.4, 0.5) is 0 Å². The Balaban J connectivity index is 2.85. The topological polar surface area (TPSA) is 26.3 Å². The van der Waals surface area contributed by atoms with E-state index in [1.165, 1.54) is 7.11 Å². The second-order valence-electron chi connectivity index (χ2n) is 1.51. The minimum atomic E-state index is -2.41. The summed E-state index contributed by atoms with van der Waals surface area (Å²) in [6, 6.07) is 0. The van der Waals surface area contributed by atoms with Gasteiger partial charge in [0, 0.05) is 18.7 Å². The fraction of sp³-hybridized carbons (Fsp3) is 0.200. The first-order valence-corrected chi connectivity index (χ1v) is 4.05. The molecule has 1 heterocycles. The van der Waals surface area contributed by atoms with Gasteiger partial charge in [-0.3, -0.25) is 4.57 Å². The summed E-state index contributed by atoms with van der Waals surface area (Å²) >= 11 is 0. The van der Waals surface area contributed by atoms with Crippen LogP contribution in [0.1, 0.15) is 0 Å². The van der Waals surface area contributed by atoms with E-state index in [2.05, 4.69) is 4.52 Å². The van der Waals surface area contributed by atoms with Crippen LogP contribution < -0.4 is 0 Å². The molecule has 0 unspecified atom stereocenters. The van der Waals surface area contributed by atoms with Crippen LogP contribution in [-0.4, -0.2) is 7.11 Å². The molecule has 0 N–H and O–H groups in total. The standard InChI is InChI=1S/C5H7O2P/c1-7-8(6)4-2-3-5-8/h2-5H,1H3. The van der Waals surface area contributed by atoms with Gasteiger partial charge in [-0.15, -0.1) is 0 Å². The summed E-state index contributed by atoms with van der Waals surface area (Å²) in [4.78, 5) is 0. The molecular weight excluding hydrogens is 123 g/mol. The number of rotatable bonds is 1. The van der Waals surface area contributed by atoms with E-state index >= 15 is 0 Å². The van der Waals surface area contributed by atoms with E-state index in [-0.39, 0.29) is 0 Å². The Bertz CT molecular complexity index is 165. The Morgan fingerprint density at radius 1 is 1.38 bits per heavy atom. The first-order valence-electron chi connectivity index (χ1n) is 2.29. The highest BCUT2D eigenvalue weighted by Crippen LogP contribution is 2.51. The Hall–Kier alpha value is -0.330. The average molecular weight is 130 g/mol. The normalized spacial score (nSPS) is 22.1. The van der Waals surface area contributed by atoms with Crippen molar-refractivity contribution in [3.63, 3.8) is 0 Å². The largest absolute Gasteiger partial charge is 0.326 e. The van der Waals surface area contributed by atoms with Gasteiger partial charge in [-0.25, -0.2) is 0 Å². The van der Waals surface area contributed by atoms with Gasteiger partial charge in [0.25, 0.3) is 0 Å². The summed E-state index contributed by atoms with van der Waals surface area (Å²) in [6.07, 6.45) is 3.45. The second kappa shape index (κ2) is 1.88. The molecule has 0 saturated carbocycles. The lowest BCUT2D eigenvalue weighted by Gasteiger charge is -1.99. The van der Waals surface area contributed by atoms with Crippen molar-refractivity contribution in [1.29, 1.82) is 0 Å². The second-order valence-corrected chi connectivity index (χ2v) is 3.76.